The molecule has 0 amide bonds. The first-order valence-corrected chi connectivity index (χ1v) is 12.9. The molecule has 36 heavy (non-hydrogen) atoms. The first-order chi connectivity index (χ1) is 17.5. The number of halogens is 3. The van der Waals surface area contributed by atoms with E-state index in [1.54, 1.807) is 12.1 Å². The molecule has 5 rings (SSSR count). The second kappa shape index (κ2) is 11.1. The summed E-state index contributed by atoms with van der Waals surface area (Å²) in [5.74, 6) is 0.678. The third-order valence-corrected chi connectivity index (χ3v) is 7.62. The van der Waals surface area contributed by atoms with E-state index < -0.39 is 11.7 Å². The number of hydrogen-bond acceptors (Lipinski definition) is 5. The molecule has 1 saturated heterocycles. The van der Waals surface area contributed by atoms with E-state index in [0.29, 0.717) is 18.4 Å². The molecule has 2 aromatic carbocycles. The number of aromatic nitrogens is 4. The topological polar surface area (TPSA) is 50.1 Å². The quantitative estimate of drug-likeness (QED) is 0.460. The van der Waals surface area contributed by atoms with Gasteiger partial charge in [0.25, 0.3) is 0 Å². The molecule has 9 heteroatoms. The van der Waals surface area contributed by atoms with Gasteiger partial charge >= 0.3 is 6.18 Å². The summed E-state index contributed by atoms with van der Waals surface area (Å²) >= 11 is 0. The van der Waals surface area contributed by atoms with Gasteiger partial charge < -0.3 is 0 Å². The fourth-order valence-corrected chi connectivity index (χ4v) is 5.63. The van der Waals surface area contributed by atoms with Gasteiger partial charge in [-0.15, -0.1) is 5.10 Å². The minimum Gasteiger partial charge on any atom is -0.298 e. The van der Waals surface area contributed by atoms with Crippen LogP contribution in [0, 0.1) is 0 Å². The number of hydrogen-bond donors (Lipinski definition) is 0. The molecular formula is C27H33F3N6. The molecule has 1 atom stereocenters. The molecule has 0 N–H and O–H groups in total. The molecule has 192 valence electrons. The van der Waals surface area contributed by atoms with Gasteiger partial charge in [-0.2, -0.15) is 13.2 Å². The second-order valence-corrected chi connectivity index (χ2v) is 9.88. The molecule has 0 bridgehead atoms. The molecule has 3 aromatic rings. The maximum absolute atomic E-state index is 13.2. The summed E-state index contributed by atoms with van der Waals surface area (Å²) < 4.78 is 41.5. The second-order valence-electron chi connectivity index (χ2n) is 9.88. The standard InChI is InChI=1S/C27H33F3N6/c28-27(29,30)23-13-11-22(12-14-23)25(35-19-17-34(18-20-35)24-9-5-2-6-10-24)26-31-32-33-36(26)16-15-21-7-3-1-4-8-21/h1,3-4,7-8,11-14,24-25H,2,5-6,9-10,15-20H2. The molecule has 1 aromatic heterocycles. The average molecular weight is 499 g/mol. The largest absolute Gasteiger partial charge is 0.416 e. The van der Waals surface area contributed by atoms with Crippen LogP contribution in [0.15, 0.2) is 54.6 Å². The van der Waals surface area contributed by atoms with Crippen LogP contribution < -0.4 is 0 Å². The zero-order chi connectivity index (χ0) is 25.0. The van der Waals surface area contributed by atoms with Crippen LogP contribution in [0.5, 0.6) is 0 Å². The first-order valence-electron chi connectivity index (χ1n) is 12.9. The number of benzene rings is 2. The fraction of sp³-hybridized carbons (Fsp3) is 0.519. The van der Waals surface area contributed by atoms with Gasteiger partial charge in [0.15, 0.2) is 5.82 Å². The van der Waals surface area contributed by atoms with E-state index in [1.807, 2.05) is 22.9 Å². The fourth-order valence-electron chi connectivity index (χ4n) is 5.63. The Morgan fingerprint density at radius 2 is 1.56 bits per heavy atom. The highest BCUT2D eigenvalue weighted by atomic mass is 19.4. The minimum absolute atomic E-state index is 0.299. The van der Waals surface area contributed by atoms with Crippen LogP contribution in [0.2, 0.25) is 0 Å². The molecule has 1 aliphatic heterocycles. The van der Waals surface area contributed by atoms with Crippen LogP contribution in [0.4, 0.5) is 13.2 Å². The zero-order valence-corrected chi connectivity index (χ0v) is 20.4. The van der Waals surface area contributed by atoms with Crippen LogP contribution in [0.1, 0.15) is 60.7 Å². The van der Waals surface area contributed by atoms with Crippen molar-refractivity contribution >= 4 is 0 Å². The van der Waals surface area contributed by atoms with Crippen molar-refractivity contribution in [3.05, 3.63) is 77.1 Å². The molecular weight excluding hydrogens is 465 g/mol. The lowest BCUT2D eigenvalue weighted by Crippen LogP contribution is -2.52. The van der Waals surface area contributed by atoms with Crippen LogP contribution in [-0.2, 0) is 19.1 Å². The van der Waals surface area contributed by atoms with E-state index in [1.165, 1.54) is 49.8 Å². The molecule has 0 radical (unpaired) electrons. The van der Waals surface area contributed by atoms with Crippen LogP contribution in [0.3, 0.4) is 0 Å². The molecule has 2 heterocycles. The molecule has 1 unspecified atom stereocenters. The van der Waals surface area contributed by atoms with Crippen molar-refractivity contribution in [3.8, 4) is 0 Å². The Labute approximate surface area is 210 Å². The zero-order valence-electron chi connectivity index (χ0n) is 20.4. The average Bonchev–Trinajstić information content (AvgIpc) is 3.37. The summed E-state index contributed by atoms with van der Waals surface area (Å²) in [5.41, 5.74) is 1.33. The lowest BCUT2D eigenvalue weighted by molar-refractivity contribution is -0.137. The van der Waals surface area contributed by atoms with Crippen molar-refractivity contribution in [2.24, 2.45) is 0 Å². The third-order valence-electron chi connectivity index (χ3n) is 7.62. The summed E-state index contributed by atoms with van der Waals surface area (Å²) in [6.45, 7) is 4.16. The number of nitrogens with zero attached hydrogens (tertiary/aromatic N) is 6. The van der Waals surface area contributed by atoms with Crippen LogP contribution in [0.25, 0.3) is 0 Å². The lowest BCUT2D eigenvalue weighted by atomic mass is 9.93. The molecule has 2 fully saturated rings. The van der Waals surface area contributed by atoms with E-state index in [-0.39, 0.29) is 6.04 Å². The summed E-state index contributed by atoms with van der Waals surface area (Å²) in [4.78, 5) is 4.92. The number of rotatable bonds is 7. The molecule has 1 saturated carbocycles. The Bertz CT molecular complexity index is 1080. The molecule has 2 aliphatic rings. The van der Waals surface area contributed by atoms with Gasteiger partial charge in [-0.25, -0.2) is 4.68 Å². The Kier molecular flexibility index (Phi) is 7.67. The summed E-state index contributed by atoms with van der Waals surface area (Å²) in [5, 5.41) is 12.6. The summed E-state index contributed by atoms with van der Waals surface area (Å²) in [7, 11) is 0. The smallest absolute Gasteiger partial charge is 0.298 e. The number of piperazine rings is 1. The van der Waals surface area contributed by atoms with Crippen LogP contribution >= 0.6 is 0 Å². The SMILES string of the molecule is FC(F)(F)c1ccc(C(c2nnnn2CCc2ccccc2)N2CCN(C3CCCCC3)CC2)cc1. The van der Waals surface area contributed by atoms with Gasteiger partial charge in [0.2, 0.25) is 0 Å². The summed E-state index contributed by atoms with van der Waals surface area (Å²) in [6, 6.07) is 16.0. The van der Waals surface area contributed by atoms with Gasteiger partial charge in [-0.05, 0) is 52.9 Å². The van der Waals surface area contributed by atoms with Gasteiger partial charge in [0, 0.05) is 38.8 Å². The van der Waals surface area contributed by atoms with Crippen molar-refractivity contribution in [2.45, 2.75) is 63.3 Å². The van der Waals surface area contributed by atoms with Crippen molar-refractivity contribution in [1.29, 1.82) is 0 Å². The normalized spacial score (nSPS) is 19.4. The maximum Gasteiger partial charge on any atom is 0.416 e. The molecule has 0 spiro atoms. The van der Waals surface area contributed by atoms with Crippen molar-refractivity contribution in [3.63, 3.8) is 0 Å². The van der Waals surface area contributed by atoms with Gasteiger partial charge in [0.1, 0.15) is 0 Å². The van der Waals surface area contributed by atoms with Crippen molar-refractivity contribution in [2.75, 3.05) is 26.2 Å². The van der Waals surface area contributed by atoms with Gasteiger partial charge in [0.05, 0.1) is 11.6 Å². The highest BCUT2D eigenvalue weighted by molar-refractivity contribution is 5.30. The van der Waals surface area contributed by atoms with Gasteiger partial charge in [-0.3, -0.25) is 9.80 Å². The van der Waals surface area contributed by atoms with Crippen molar-refractivity contribution in [1.82, 2.24) is 30.0 Å². The number of aryl methyl sites for hydroxylation is 2. The van der Waals surface area contributed by atoms with E-state index in [4.69, 9.17) is 0 Å². The van der Waals surface area contributed by atoms with E-state index >= 15 is 0 Å². The Balaban J connectivity index is 1.38. The van der Waals surface area contributed by atoms with E-state index in [0.717, 1.165) is 38.2 Å². The molecule has 6 nitrogen and oxygen atoms in total. The Hall–Kier alpha value is -2.78. The van der Waals surface area contributed by atoms with E-state index in [2.05, 4.69) is 37.5 Å². The van der Waals surface area contributed by atoms with Crippen molar-refractivity contribution < 1.29 is 13.2 Å². The highest BCUT2D eigenvalue weighted by Crippen LogP contribution is 2.34. The third kappa shape index (κ3) is 5.78. The Morgan fingerprint density at radius 1 is 0.861 bits per heavy atom. The lowest BCUT2D eigenvalue weighted by Gasteiger charge is -2.43. The van der Waals surface area contributed by atoms with Crippen LogP contribution in [-0.4, -0.2) is 62.2 Å². The monoisotopic (exact) mass is 498 g/mol. The predicted octanol–water partition coefficient (Wildman–Crippen LogP) is 4.97. The first kappa shape index (κ1) is 24.9. The molecule has 1 aliphatic carbocycles. The summed E-state index contributed by atoms with van der Waals surface area (Å²) in [6.07, 6.45) is 2.87. The minimum atomic E-state index is -4.36. The highest BCUT2D eigenvalue weighted by Gasteiger charge is 2.34. The Morgan fingerprint density at radius 3 is 2.22 bits per heavy atom. The predicted molar refractivity (Wildman–Crippen MR) is 131 cm³/mol. The maximum atomic E-state index is 13.2. The van der Waals surface area contributed by atoms with Gasteiger partial charge in [-0.1, -0.05) is 61.7 Å². The van der Waals surface area contributed by atoms with E-state index in [9.17, 15) is 13.2 Å². The number of tetrazole rings is 1. The number of alkyl halides is 3.